The SMILES string of the molecule is CCCOc1ccc(N2C(=O)CC(N(CCc3ccc(S(N)(=O)=O)cc3)C(=O)/C=C/C(=O)O)C2=O)cc1. The Morgan fingerprint density at radius 1 is 1.11 bits per heavy atom. The number of carboxylic acids is 1. The Morgan fingerprint density at radius 2 is 1.76 bits per heavy atom. The lowest BCUT2D eigenvalue weighted by atomic mass is 10.1. The number of sulfonamides is 1. The predicted octanol–water partition coefficient (Wildman–Crippen LogP) is 1.47. The maximum absolute atomic E-state index is 13.3. The molecule has 2 aromatic rings. The highest BCUT2D eigenvalue weighted by Crippen LogP contribution is 2.28. The normalized spacial score (nSPS) is 15.8. The van der Waals surface area contributed by atoms with Crippen LogP contribution >= 0.6 is 0 Å². The van der Waals surface area contributed by atoms with E-state index in [2.05, 4.69) is 0 Å². The van der Waals surface area contributed by atoms with Crippen LogP contribution < -0.4 is 14.8 Å². The van der Waals surface area contributed by atoms with Crippen LogP contribution in [0.4, 0.5) is 5.69 Å². The van der Waals surface area contributed by atoms with E-state index in [9.17, 15) is 27.6 Å². The van der Waals surface area contributed by atoms with Gasteiger partial charge in [-0.25, -0.2) is 23.3 Å². The number of carboxylic acid groups (broad SMARTS) is 1. The van der Waals surface area contributed by atoms with Gasteiger partial charge in [-0.15, -0.1) is 0 Å². The third-order valence-electron chi connectivity index (χ3n) is 5.61. The molecule has 2 aromatic carbocycles. The molecule has 12 heteroatoms. The largest absolute Gasteiger partial charge is 0.494 e. The molecule has 0 spiro atoms. The number of amides is 3. The Balaban J connectivity index is 1.82. The predicted molar refractivity (Wildman–Crippen MR) is 133 cm³/mol. The zero-order valence-corrected chi connectivity index (χ0v) is 20.9. The van der Waals surface area contributed by atoms with Gasteiger partial charge in [-0.3, -0.25) is 14.4 Å². The first-order chi connectivity index (χ1) is 17.5. The number of nitrogens with two attached hydrogens (primary N) is 1. The highest BCUT2D eigenvalue weighted by Gasteiger charge is 2.44. The number of ether oxygens (including phenoxy) is 1. The minimum Gasteiger partial charge on any atom is -0.494 e. The first kappa shape index (κ1) is 27.6. The number of hydrogen-bond donors (Lipinski definition) is 2. The molecular formula is C25H27N3O8S. The number of carbonyl (C=O) groups is 4. The Kier molecular flexibility index (Phi) is 8.79. The second-order valence-electron chi connectivity index (χ2n) is 8.27. The van der Waals surface area contributed by atoms with Gasteiger partial charge < -0.3 is 14.7 Å². The van der Waals surface area contributed by atoms with E-state index in [4.69, 9.17) is 15.0 Å². The monoisotopic (exact) mass is 529 g/mol. The van der Waals surface area contributed by atoms with Gasteiger partial charge in [0.2, 0.25) is 21.8 Å². The Morgan fingerprint density at radius 3 is 2.32 bits per heavy atom. The Hall–Kier alpha value is -4.03. The van der Waals surface area contributed by atoms with Gasteiger partial charge in [0.25, 0.3) is 5.91 Å². The molecule has 11 nitrogen and oxygen atoms in total. The Bertz CT molecular complexity index is 1300. The average molecular weight is 530 g/mol. The van der Waals surface area contributed by atoms with Crippen molar-refractivity contribution in [2.45, 2.75) is 37.1 Å². The number of hydrogen-bond acceptors (Lipinski definition) is 7. The van der Waals surface area contributed by atoms with Crippen LogP contribution in [0.3, 0.4) is 0 Å². The number of imide groups is 1. The van der Waals surface area contributed by atoms with Crippen LogP contribution in [0, 0.1) is 0 Å². The summed E-state index contributed by atoms with van der Waals surface area (Å²) >= 11 is 0. The van der Waals surface area contributed by atoms with Gasteiger partial charge in [-0.05, 0) is 54.8 Å². The molecule has 0 aromatic heterocycles. The van der Waals surface area contributed by atoms with Gasteiger partial charge in [0.15, 0.2) is 0 Å². The van der Waals surface area contributed by atoms with Crippen molar-refractivity contribution in [3.05, 3.63) is 66.2 Å². The lowest BCUT2D eigenvalue weighted by Gasteiger charge is -2.26. The second-order valence-corrected chi connectivity index (χ2v) is 9.83. The molecule has 0 saturated carbocycles. The van der Waals surface area contributed by atoms with Crippen molar-refractivity contribution in [3.63, 3.8) is 0 Å². The van der Waals surface area contributed by atoms with E-state index in [-0.39, 0.29) is 24.3 Å². The topological polar surface area (TPSA) is 164 Å². The molecule has 3 N–H and O–H groups in total. The van der Waals surface area contributed by atoms with Crippen molar-refractivity contribution in [2.75, 3.05) is 18.1 Å². The van der Waals surface area contributed by atoms with Gasteiger partial charge in [-0.2, -0.15) is 0 Å². The van der Waals surface area contributed by atoms with Gasteiger partial charge in [0, 0.05) is 18.7 Å². The van der Waals surface area contributed by atoms with Crippen molar-refractivity contribution >= 4 is 39.4 Å². The van der Waals surface area contributed by atoms with E-state index in [0.717, 1.165) is 22.3 Å². The van der Waals surface area contributed by atoms with Crippen LogP contribution in [0.5, 0.6) is 5.75 Å². The van der Waals surface area contributed by atoms with E-state index in [1.165, 1.54) is 24.3 Å². The van der Waals surface area contributed by atoms with Crippen molar-refractivity contribution < 1.29 is 37.4 Å². The van der Waals surface area contributed by atoms with E-state index >= 15 is 0 Å². The molecule has 1 unspecified atom stereocenters. The van der Waals surface area contributed by atoms with Crippen molar-refractivity contribution in [1.29, 1.82) is 0 Å². The molecule has 1 saturated heterocycles. The van der Waals surface area contributed by atoms with Gasteiger partial charge >= 0.3 is 5.97 Å². The summed E-state index contributed by atoms with van der Waals surface area (Å²) in [5.74, 6) is -2.62. The quantitative estimate of drug-likeness (QED) is 0.326. The molecule has 196 valence electrons. The minimum absolute atomic E-state index is 0.0289. The van der Waals surface area contributed by atoms with E-state index in [1.54, 1.807) is 24.3 Å². The smallest absolute Gasteiger partial charge is 0.328 e. The lowest BCUT2D eigenvalue weighted by Crippen LogP contribution is -2.46. The number of primary sulfonamides is 1. The Labute approximate surface area is 214 Å². The van der Waals surface area contributed by atoms with Gasteiger partial charge in [0.05, 0.1) is 23.6 Å². The fraction of sp³-hybridized carbons (Fsp3) is 0.280. The molecule has 1 aliphatic rings. The van der Waals surface area contributed by atoms with Gasteiger partial charge in [0.1, 0.15) is 11.8 Å². The summed E-state index contributed by atoms with van der Waals surface area (Å²) in [4.78, 5) is 51.9. The molecule has 3 amide bonds. The standard InChI is InChI=1S/C25H27N3O8S/c1-2-15-36-19-7-5-18(6-8-19)28-23(30)16-21(25(28)33)27(22(29)11-12-24(31)32)14-13-17-3-9-20(10-4-17)37(26,34)35/h3-12,21H,2,13-16H2,1H3,(H,31,32)(H2,26,34,35)/b12-11+. The van der Waals surface area contributed by atoms with E-state index in [1.807, 2.05) is 6.92 Å². The number of rotatable bonds is 11. The van der Waals surface area contributed by atoms with Crippen molar-refractivity contribution in [2.24, 2.45) is 5.14 Å². The van der Waals surface area contributed by atoms with Gasteiger partial charge in [-0.1, -0.05) is 19.1 Å². The highest BCUT2D eigenvalue weighted by molar-refractivity contribution is 7.89. The van der Waals surface area contributed by atoms with Crippen LogP contribution in [0.15, 0.2) is 65.6 Å². The molecular weight excluding hydrogens is 502 g/mol. The van der Waals surface area contributed by atoms with Crippen LogP contribution in [-0.2, 0) is 35.6 Å². The zero-order chi connectivity index (χ0) is 27.2. The number of nitrogens with zero attached hydrogens (tertiary/aromatic N) is 2. The fourth-order valence-corrected chi connectivity index (χ4v) is 4.31. The third-order valence-corrected chi connectivity index (χ3v) is 6.54. The number of anilines is 1. The molecule has 37 heavy (non-hydrogen) atoms. The molecule has 1 aliphatic heterocycles. The molecule has 3 rings (SSSR count). The summed E-state index contributed by atoms with van der Waals surface area (Å²) < 4.78 is 28.5. The average Bonchev–Trinajstić information content (AvgIpc) is 3.15. The number of aliphatic carboxylic acids is 1. The number of benzene rings is 2. The summed E-state index contributed by atoms with van der Waals surface area (Å²) in [6, 6.07) is 11.0. The van der Waals surface area contributed by atoms with Crippen LogP contribution in [0.1, 0.15) is 25.3 Å². The first-order valence-electron chi connectivity index (χ1n) is 11.4. The first-order valence-corrected chi connectivity index (χ1v) is 13.0. The molecule has 0 radical (unpaired) electrons. The summed E-state index contributed by atoms with van der Waals surface area (Å²) in [5, 5.41) is 14.0. The maximum atomic E-state index is 13.3. The summed E-state index contributed by atoms with van der Waals surface area (Å²) in [6.45, 7) is 2.46. The van der Waals surface area contributed by atoms with Crippen LogP contribution in [0.25, 0.3) is 0 Å². The van der Waals surface area contributed by atoms with Crippen LogP contribution in [-0.4, -0.2) is 61.3 Å². The number of carbonyl (C=O) groups excluding carboxylic acids is 3. The fourth-order valence-electron chi connectivity index (χ4n) is 3.80. The van der Waals surface area contributed by atoms with E-state index in [0.29, 0.717) is 29.7 Å². The van der Waals surface area contributed by atoms with Crippen LogP contribution in [0.2, 0.25) is 0 Å². The van der Waals surface area contributed by atoms with E-state index < -0.39 is 39.8 Å². The summed E-state index contributed by atoms with van der Waals surface area (Å²) in [5.41, 5.74) is 0.970. The summed E-state index contributed by atoms with van der Waals surface area (Å²) in [6.07, 6.45) is 2.24. The molecule has 0 bridgehead atoms. The second kappa shape index (κ2) is 11.8. The summed E-state index contributed by atoms with van der Waals surface area (Å²) in [7, 11) is -3.87. The third kappa shape index (κ3) is 7.02. The van der Waals surface area contributed by atoms with Crippen molar-refractivity contribution in [1.82, 2.24) is 4.90 Å². The molecule has 0 aliphatic carbocycles. The molecule has 1 fully saturated rings. The molecule has 1 atom stereocenters. The minimum atomic E-state index is -3.87. The zero-order valence-electron chi connectivity index (χ0n) is 20.1. The maximum Gasteiger partial charge on any atom is 0.328 e. The highest BCUT2D eigenvalue weighted by atomic mass is 32.2. The van der Waals surface area contributed by atoms with Crippen molar-refractivity contribution in [3.8, 4) is 5.75 Å². The molecule has 1 heterocycles. The lowest BCUT2D eigenvalue weighted by molar-refractivity contribution is -0.135.